The van der Waals surface area contributed by atoms with Gasteiger partial charge in [-0.15, -0.1) is 0 Å². The van der Waals surface area contributed by atoms with Crippen molar-refractivity contribution in [3.8, 4) is 0 Å². The van der Waals surface area contributed by atoms with Gasteiger partial charge in [-0.3, -0.25) is 0 Å². The van der Waals surface area contributed by atoms with Crippen LogP contribution in [-0.4, -0.2) is 25.1 Å². The molecule has 0 atom stereocenters. The fourth-order valence-electron chi connectivity index (χ4n) is 2.54. The van der Waals surface area contributed by atoms with Crippen molar-refractivity contribution in [3.63, 3.8) is 0 Å². The average Bonchev–Trinajstić information content (AvgIpc) is 2.12. The maximum absolute atomic E-state index is 6.20. The Morgan fingerprint density at radius 2 is 1.11 bits per heavy atom. The first-order valence-corrected chi connectivity index (χ1v) is 7.73. The fraction of sp³-hybridized carbons (Fsp3) is 1.00. The van der Waals surface area contributed by atoms with E-state index in [0.29, 0.717) is 0 Å². The monoisotopic (exact) mass is 273 g/mol. The summed E-state index contributed by atoms with van der Waals surface area (Å²) in [6.45, 7) is 17.0. The van der Waals surface area contributed by atoms with Gasteiger partial charge in [0.1, 0.15) is 0 Å². The van der Waals surface area contributed by atoms with Crippen LogP contribution in [0.4, 0.5) is 0 Å². The highest BCUT2D eigenvalue weighted by molar-refractivity contribution is 6.64. The molecular weight excluding hydrogens is 239 g/mol. The Morgan fingerprint density at radius 3 is 1.32 bits per heavy atom. The van der Waals surface area contributed by atoms with Crippen LogP contribution in [0, 0.1) is 0 Å². The van der Waals surface area contributed by atoms with Gasteiger partial charge in [-0.25, -0.2) is 0 Å². The minimum atomic E-state index is -1.77. The Hall–Kier alpha value is -0.0551. The molecule has 0 aromatic heterocycles. The maximum atomic E-state index is 6.20. The molecule has 0 aromatic rings. The Bertz CT molecular complexity index is 223. The van der Waals surface area contributed by atoms with Gasteiger partial charge in [-0.05, 0) is 41.5 Å². The van der Waals surface area contributed by atoms with Crippen LogP contribution in [0.3, 0.4) is 0 Å². The van der Waals surface area contributed by atoms with E-state index in [2.05, 4.69) is 20.8 Å². The van der Waals surface area contributed by atoms with Gasteiger partial charge >= 0.3 is 6.75 Å². The van der Waals surface area contributed by atoms with Gasteiger partial charge in [-0.2, -0.15) is 0 Å². The Kier molecular flexibility index (Phi) is 7.63. The lowest BCUT2D eigenvalue weighted by Gasteiger charge is -2.55. The quantitative estimate of drug-likeness (QED) is 0.566. The predicted molar refractivity (Wildman–Crippen MR) is 83.4 cm³/mol. The van der Waals surface area contributed by atoms with Crippen LogP contribution >= 0.6 is 0 Å². The van der Waals surface area contributed by atoms with Crippen LogP contribution < -0.4 is 0 Å². The fourth-order valence-corrected chi connectivity index (χ4v) is 2.54. The van der Waals surface area contributed by atoms with Crippen LogP contribution in [0.25, 0.3) is 0 Å². The molecule has 0 N–H and O–H groups in total. The Labute approximate surface area is 120 Å². The van der Waals surface area contributed by atoms with Crippen molar-refractivity contribution in [2.24, 2.45) is 0 Å². The molecule has 0 fully saturated rings. The minimum absolute atomic E-state index is 0.0774. The summed E-state index contributed by atoms with van der Waals surface area (Å²) in [7, 11) is 0. The second kappa shape index (κ2) is 7.65. The highest BCUT2D eigenvalue weighted by Crippen LogP contribution is 2.45. The van der Waals surface area contributed by atoms with Gasteiger partial charge in [0, 0.05) is 18.3 Å². The van der Waals surface area contributed by atoms with Crippen molar-refractivity contribution < 1.29 is 14.0 Å². The molecule has 0 aliphatic heterocycles. The SMILES string of the molecule is CCCC(C)(C)[B-](OC(C)C)(OC(C)C)OC(C)C. The van der Waals surface area contributed by atoms with Gasteiger partial charge in [0.15, 0.2) is 0 Å². The molecule has 0 bridgehead atoms. The van der Waals surface area contributed by atoms with Crippen molar-refractivity contribution in [2.45, 2.75) is 98.8 Å². The third-order valence-electron chi connectivity index (χ3n) is 3.21. The molecule has 0 aliphatic carbocycles. The first-order chi connectivity index (χ1) is 8.56. The lowest BCUT2D eigenvalue weighted by Crippen LogP contribution is -2.58. The average molecular weight is 273 g/mol. The third-order valence-corrected chi connectivity index (χ3v) is 3.21. The van der Waals surface area contributed by atoms with E-state index in [9.17, 15) is 0 Å². The molecule has 0 saturated carbocycles. The molecule has 19 heavy (non-hydrogen) atoms. The van der Waals surface area contributed by atoms with E-state index < -0.39 is 6.75 Å². The van der Waals surface area contributed by atoms with Crippen LogP contribution in [0.1, 0.15) is 75.2 Å². The van der Waals surface area contributed by atoms with Gasteiger partial charge in [-0.1, -0.05) is 38.9 Å². The van der Waals surface area contributed by atoms with E-state index in [-0.39, 0.29) is 23.6 Å². The van der Waals surface area contributed by atoms with Crippen LogP contribution in [0.5, 0.6) is 0 Å². The van der Waals surface area contributed by atoms with Crippen molar-refractivity contribution >= 4 is 6.75 Å². The molecule has 0 radical (unpaired) electrons. The van der Waals surface area contributed by atoms with Crippen molar-refractivity contribution in [1.29, 1.82) is 0 Å². The highest BCUT2D eigenvalue weighted by atomic mass is 16.8. The molecule has 0 heterocycles. The minimum Gasteiger partial charge on any atom is -0.542 e. The van der Waals surface area contributed by atoms with Gasteiger partial charge in [0.05, 0.1) is 0 Å². The maximum Gasteiger partial charge on any atom is 0.385 e. The summed E-state index contributed by atoms with van der Waals surface area (Å²) in [5.74, 6) is 0. The van der Waals surface area contributed by atoms with E-state index in [4.69, 9.17) is 14.0 Å². The molecular formula is C15H34BO3-. The van der Waals surface area contributed by atoms with Crippen LogP contribution in [0.15, 0.2) is 0 Å². The van der Waals surface area contributed by atoms with Crippen LogP contribution in [-0.2, 0) is 14.0 Å². The Morgan fingerprint density at radius 1 is 0.789 bits per heavy atom. The third kappa shape index (κ3) is 5.84. The topological polar surface area (TPSA) is 27.7 Å². The number of hydrogen-bond acceptors (Lipinski definition) is 3. The number of hydrogen-bond donors (Lipinski definition) is 0. The first-order valence-electron chi connectivity index (χ1n) is 7.73. The van der Waals surface area contributed by atoms with Crippen LogP contribution in [0.2, 0.25) is 5.31 Å². The molecule has 4 heteroatoms. The zero-order valence-electron chi connectivity index (χ0n) is 14.4. The van der Waals surface area contributed by atoms with E-state index in [1.165, 1.54) is 0 Å². The second-order valence-corrected chi connectivity index (χ2v) is 6.94. The largest absolute Gasteiger partial charge is 0.542 e. The summed E-state index contributed by atoms with van der Waals surface area (Å²) < 4.78 is 18.6. The second-order valence-electron chi connectivity index (χ2n) is 6.94. The summed E-state index contributed by atoms with van der Waals surface area (Å²) in [5, 5.41) is -0.145. The van der Waals surface area contributed by atoms with Gasteiger partial charge < -0.3 is 14.0 Å². The van der Waals surface area contributed by atoms with E-state index in [0.717, 1.165) is 12.8 Å². The van der Waals surface area contributed by atoms with E-state index >= 15 is 0 Å². The standard InChI is InChI=1S/C15H34BO3/c1-10-11-15(8,9)16(17-12(2)3,18-13(4)5)19-14(6)7/h12-14H,10-11H2,1-9H3/q-1. The molecule has 0 unspecified atom stereocenters. The summed E-state index contributed by atoms with van der Waals surface area (Å²) in [6.07, 6.45) is 2.33. The van der Waals surface area contributed by atoms with Crippen molar-refractivity contribution in [3.05, 3.63) is 0 Å². The molecule has 116 valence electrons. The molecule has 0 aromatic carbocycles. The molecule has 3 nitrogen and oxygen atoms in total. The van der Waals surface area contributed by atoms with E-state index in [1.807, 2.05) is 41.5 Å². The summed E-state index contributed by atoms with van der Waals surface area (Å²) in [5.41, 5.74) is 0. The smallest absolute Gasteiger partial charge is 0.385 e. The van der Waals surface area contributed by atoms with Crippen molar-refractivity contribution in [1.82, 2.24) is 0 Å². The predicted octanol–water partition coefficient (Wildman–Crippen LogP) is 4.78. The summed E-state index contributed by atoms with van der Waals surface area (Å²) >= 11 is 0. The van der Waals surface area contributed by atoms with Crippen molar-refractivity contribution in [2.75, 3.05) is 0 Å². The zero-order valence-corrected chi connectivity index (χ0v) is 14.4. The zero-order chi connectivity index (χ0) is 15.3. The van der Waals surface area contributed by atoms with E-state index in [1.54, 1.807) is 0 Å². The molecule has 0 amide bonds. The number of rotatable bonds is 9. The lowest BCUT2D eigenvalue weighted by molar-refractivity contribution is -0.0161. The highest BCUT2D eigenvalue weighted by Gasteiger charge is 2.46. The molecule has 0 rings (SSSR count). The molecule has 0 saturated heterocycles. The Balaban J connectivity index is 5.44. The first kappa shape index (κ1) is 18.9. The lowest BCUT2D eigenvalue weighted by atomic mass is 9.50. The molecule has 0 aliphatic rings. The van der Waals surface area contributed by atoms with Gasteiger partial charge in [0.2, 0.25) is 0 Å². The summed E-state index contributed by atoms with van der Waals surface area (Å²) in [6, 6.07) is 0. The normalized spacial score (nSPS) is 13.9. The summed E-state index contributed by atoms with van der Waals surface area (Å²) in [4.78, 5) is 0. The molecule has 0 spiro atoms. The van der Waals surface area contributed by atoms with Gasteiger partial charge in [0.25, 0.3) is 0 Å².